The third kappa shape index (κ3) is 5.50. The molecule has 0 radical (unpaired) electrons. The molecule has 1 amide bonds. The molecule has 2 aromatic carbocycles. The molecular weight excluding hydrogens is 516 g/mol. The second kappa shape index (κ2) is 9.37. The Hall–Kier alpha value is -1.54. The fourth-order valence-electron chi connectivity index (χ4n) is 3.47. The lowest BCUT2D eigenvalue weighted by atomic mass is 10.0. The number of aryl methyl sites for hydroxylation is 1. The van der Waals surface area contributed by atoms with Gasteiger partial charge in [-0.15, -0.1) is 23.2 Å². The number of amides is 1. The highest BCUT2D eigenvalue weighted by Crippen LogP contribution is 2.65. The summed E-state index contributed by atoms with van der Waals surface area (Å²) in [5, 5.41) is 1.83. The number of Topliss-reactive ketones (excluding diaryl/α,β-unsaturated/α-hetero) is 1. The van der Waals surface area contributed by atoms with Crippen LogP contribution in [0.15, 0.2) is 36.4 Å². The highest BCUT2D eigenvalue weighted by molar-refractivity contribution is 6.53. The summed E-state index contributed by atoms with van der Waals surface area (Å²) in [6, 6.07) is 8.65. The van der Waals surface area contributed by atoms with E-state index < -0.39 is 40.6 Å². The predicted molar refractivity (Wildman–Crippen MR) is 115 cm³/mol. The zero-order valence-corrected chi connectivity index (χ0v) is 19.1. The highest BCUT2D eigenvalue weighted by atomic mass is 35.5. The van der Waals surface area contributed by atoms with Gasteiger partial charge in [-0.3, -0.25) is 9.59 Å². The van der Waals surface area contributed by atoms with Crippen molar-refractivity contribution < 1.29 is 27.2 Å². The highest BCUT2D eigenvalue weighted by Gasteiger charge is 2.66. The minimum Gasteiger partial charge on any atom is -0.344 e. The Morgan fingerprint density at radius 3 is 2.34 bits per heavy atom. The van der Waals surface area contributed by atoms with Gasteiger partial charge in [-0.1, -0.05) is 41.4 Å². The van der Waals surface area contributed by atoms with E-state index in [1.807, 2.05) is 0 Å². The molecule has 2 unspecified atom stereocenters. The topological polar surface area (TPSA) is 46.2 Å². The molecule has 3 rings (SSSR count). The normalized spacial score (nSPS) is 19.5. The van der Waals surface area contributed by atoms with Crippen molar-refractivity contribution in [2.45, 2.75) is 35.8 Å². The molecule has 0 saturated heterocycles. The molecule has 11 heteroatoms. The molecule has 0 aromatic heterocycles. The Labute approximate surface area is 201 Å². The maximum atomic E-state index is 13.4. The zero-order valence-electron chi connectivity index (χ0n) is 16.1. The SMILES string of the molecule is O=C(CCc1ccc(Cl)c(CNC(=O)C(F)(F)F)c1)C1C(c2ccc(F)c(Cl)c2)C1(Cl)Cl. The maximum Gasteiger partial charge on any atom is 0.471 e. The van der Waals surface area contributed by atoms with Gasteiger partial charge >= 0.3 is 12.1 Å². The van der Waals surface area contributed by atoms with Crippen LogP contribution in [0.4, 0.5) is 17.6 Å². The van der Waals surface area contributed by atoms with Gasteiger partial charge in [0.2, 0.25) is 0 Å². The summed E-state index contributed by atoms with van der Waals surface area (Å²) < 4.78 is 49.1. The molecule has 1 aliphatic rings. The molecule has 3 nitrogen and oxygen atoms in total. The minimum atomic E-state index is -5.00. The number of rotatable bonds is 7. The lowest BCUT2D eigenvalue weighted by Crippen LogP contribution is -2.36. The standard InChI is InChI=1S/C21H15Cl4F4NO2/c22-13-4-1-10(7-12(13)9-30-19(32)21(27,28)29)2-6-16(31)18-17(20(18,24)25)11-3-5-15(26)14(23)8-11/h1,3-5,7-8,17-18H,2,6,9H2,(H,30,32). The smallest absolute Gasteiger partial charge is 0.344 e. The molecule has 172 valence electrons. The summed E-state index contributed by atoms with van der Waals surface area (Å²) in [7, 11) is 0. The predicted octanol–water partition coefficient (Wildman–Crippen LogP) is 6.40. The summed E-state index contributed by atoms with van der Waals surface area (Å²) in [5.74, 6) is -4.13. The van der Waals surface area contributed by atoms with E-state index >= 15 is 0 Å². The molecular formula is C21H15Cl4F4NO2. The molecule has 0 spiro atoms. The lowest BCUT2D eigenvalue weighted by molar-refractivity contribution is -0.173. The van der Waals surface area contributed by atoms with E-state index in [4.69, 9.17) is 46.4 Å². The average Bonchev–Trinajstić information content (AvgIpc) is 3.29. The third-order valence-electron chi connectivity index (χ3n) is 5.17. The van der Waals surface area contributed by atoms with Gasteiger partial charge in [0.1, 0.15) is 15.9 Å². The molecule has 2 atom stereocenters. The number of hydrogen-bond donors (Lipinski definition) is 1. The maximum absolute atomic E-state index is 13.4. The van der Waals surface area contributed by atoms with Gasteiger partial charge in [-0.2, -0.15) is 13.2 Å². The Bertz CT molecular complexity index is 1060. The van der Waals surface area contributed by atoms with E-state index in [-0.39, 0.29) is 34.2 Å². The Morgan fingerprint density at radius 2 is 1.72 bits per heavy atom. The van der Waals surface area contributed by atoms with Crippen molar-refractivity contribution in [2.75, 3.05) is 0 Å². The fraction of sp³-hybridized carbons (Fsp3) is 0.333. The van der Waals surface area contributed by atoms with Crippen molar-refractivity contribution in [3.05, 3.63) is 69.0 Å². The van der Waals surface area contributed by atoms with Crippen LogP contribution in [0.3, 0.4) is 0 Å². The summed E-state index contributed by atoms with van der Waals surface area (Å²) in [4.78, 5) is 23.7. The van der Waals surface area contributed by atoms with E-state index in [9.17, 15) is 27.2 Å². The molecule has 1 N–H and O–H groups in total. The number of nitrogens with one attached hydrogen (secondary N) is 1. The van der Waals surface area contributed by atoms with Gasteiger partial charge in [0, 0.05) is 23.9 Å². The van der Waals surface area contributed by atoms with Crippen LogP contribution in [-0.2, 0) is 22.6 Å². The van der Waals surface area contributed by atoms with E-state index in [0.717, 1.165) is 0 Å². The van der Waals surface area contributed by atoms with Crippen LogP contribution < -0.4 is 5.32 Å². The van der Waals surface area contributed by atoms with Crippen molar-refractivity contribution in [3.63, 3.8) is 0 Å². The van der Waals surface area contributed by atoms with Gasteiger partial charge in [-0.05, 0) is 41.3 Å². The van der Waals surface area contributed by atoms with Gasteiger partial charge in [0.05, 0.1) is 10.9 Å². The average molecular weight is 531 g/mol. The Kier molecular flexibility index (Phi) is 7.35. The van der Waals surface area contributed by atoms with Gasteiger partial charge in [-0.25, -0.2) is 4.39 Å². The summed E-state index contributed by atoms with van der Waals surface area (Å²) >= 11 is 24.4. The van der Waals surface area contributed by atoms with E-state index in [1.165, 1.54) is 30.3 Å². The molecule has 0 bridgehead atoms. The molecule has 2 aromatic rings. The lowest BCUT2D eigenvalue weighted by Gasteiger charge is -2.11. The molecule has 0 aliphatic heterocycles. The summed E-state index contributed by atoms with van der Waals surface area (Å²) in [6.07, 6.45) is -4.68. The van der Waals surface area contributed by atoms with E-state index in [1.54, 1.807) is 11.4 Å². The first-order valence-electron chi connectivity index (χ1n) is 9.30. The van der Waals surface area contributed by atoms with Crippen LogP contribution in [0.5, 0.6) is 0 Å². The molecule has 0 heterocycles. The molecule has 1 fully saturated rings. The Morgan fingerprint density at radius 1 is 1.03 bits per heavy atom. The zero-order chi connectivity index (χ0) is 23.8. The van der Waals surface area contributed by atoms with Crippen LogP contribution in [0.2, 0.25) is 10.0 Å². The number of carbonyl (C=O) groups excluding carboxylic acids is 2. The van der Waals surface area contributed by atoms with E-state index in [0.29, 0.717) is 11.1 Å². The number of carbonyl (C=O) groups is 2. The number of benzene rings is 2. The van der Waals surface area contributed by atoms with Crippen LogP contribution >= 0.6 is 46.4 Å². The van der Waals surface area contributed by atoms with Crippen molar-refractivity contribution in [3.8, 4) is 0 Å². The van der Waals surface area contributed by atoms with E-state index in [2.05, 4.69) is 0 Å². The second-order valence-corrected chi connectivity index (χ2v) is 9.63. The first kappa shape index (κ1) is 25.1. The Balaban J connectivity index is 1.63. The first-order chi connectivity index (χ1) is 14.8. The minimum absolute atomic E-state index is 0.0628. The second-order valence-electron chi connectivity index (χ2n) is 7.38. The van der Waals surface area contributed by atoms with Crippen molar-refractivity contribution in [1.82, 2.24) is 5.32 Å². The monoisotopic (exact) mass is 529 g/mol. The number of ketones is 1. The molecule has 1 aliphatic carbocycles. The van der Waals surface area contributed by atoms with Crippen molar-refractivity contribution in [1.29, 1.82) is 0 Å². The number of alkyl halides is 5. The van der Waals surface area contributed by atoms with Crippen LogP contribution in [0.1, 0.15) is 29.0 Å². The third-order valence-corrected chi connectivity index (χ3v) is 6.77. The van der Waals surface area contributed by atoms with Crippen molar-refractivity contribution in [2.24, 2.45) is 5.92 Å². The van der Waals surface area contributed by atoms with Gasteiger partial charge in [0.15, 0.2) is 0 Å². The largest absolute Gasteiger partial charge is 0.471 e. The van der Waals surface area contributed by atoms with Crippen LogP contribution in [-0.4, -0.2) is 22.2 Å². The number of halogens is 8. The van der Waals surface area contributed by atoms with Gasteiger partial charge < -0.3 is 5.32 Å². The molecule has 32 heavy (non-hydrogen) atoms. The molecule has 1 saturated carbocycles. The summed E-state index contributed by atoms with van der Waals surface area (Å²) in [5.41, 5.74) is 1.47. The van der Waals surface area contributed by atoms with Gasteiger partial charge in [0.25, 0.3) is 0 Å². The van der Waals surface area contributed by atoms with Crippen molar-refractivity contribution >= 4 is 58.1 Å². The number of hydrogen-bond acceptors (Lipinski definition) is 2. The quantitative estimate of drug-likeness (QED) is 0.332. The first-order valence-corrected chi connectivity index (χ1v) is 10.8. The van der Waals surface area contributed by atoms with Crippen LogP contribution in [0.25, 0.3) is 0 Å². The fourth-order valence-corrected chi connectivity index (χ4v) is 4.71. The summed E-state index contributed by atoms with van der Waals surface area (Å²) in [6.45, 7) is -0.415. The van der Waals surface area contributed by atoms with Crippen LogP contribution in [0, 0.1) is 11.7 Å².